The quantitative estimate of drug-likeness (QED) is 0.306. The van der Waals surface area contributed by atoms with Gasteiger partial charge in [-0.1, -0.05) is 41.7 Å². The van der Waals surface area contributed by atoms with Crippen LogP contribution >= 0.6 is 21.6 Å². The smallest absolute Gasteiger partial charge is 0.334 e. The number of amides is 2. The van der Waals surface area contributed by atoms with Crippen LogP contribution in [-0.2, 0) is 24.0 Å². The number of ketones is 1. The molecule has 1 saturated heterocycles. The number of hydrogen-bond donors (Lipinski definition) is 0. The second-order valence-electron chi connectivity index (χ2n) is 5.93. The first-order valence-electron chi connectivity index (χ1n) is 8.69. The molecular weight excluding hydrogens is 388 g/mol. The van der Waals surface area contributed by atoms with Crippen LogP contribution in [0.4, 0.5) is 0 Å². The van der Waals surface area contributed by atoms with Gasteiger partial charge in [0.05, 0.1) is 13.0 Å². The summed E-state index contributed by atoms with van der Waals surface area (Å²) in [6, 6.07) is 0. The molecule has 7 nitrogen and oxygen atoms in total. The van der Waals surface area contributed by atoms with Gasteiger partial charge in [0.2, 0.25) is 0 Å². The summed E-state index contributed by atoms with van der Waals surface area (Å²) in [5, 5.41) is 0.499. The van der Waals surface area contributed by atoms with Crippen molar-refractivity contribution in [2.24, 2.45) is 0 Å². The van der Waals surface area contributed by atoms with E-state index in [1.165, 1.54) is 21.6 Å². The molecule has 0 aliphatic carbocycles. The van der Waals surface area contributed by atoms with Crippen LogP contribution in [0.3, 0.4) is 0 Å². The van der Waals surface area contributed by atoms with E-state index in [0.29, 0.717) is 29.5 Å². The molecule has 0 unspecified atom stereocenters. The Hall–Kier alpha value is -1.74. The summed E-state index contributed by atoms with van der Waals surface area (Å²) in [6.07, 6.45) is 2.29. The zero-order chi connectivity index (χ0) is 20.4. The van der Waals surface area contributed by atoms with Crippen molar-refractivity contribution in [3.63, 3.8) is 0 Å². The third-order valence-electron chi connectivity index (χ3n) is 3.75. The Morgan fingerprint density at radius 3 is 2.15 bits per heavy atom. The van der Waals surface area contributed by atoms with Crippen LogP contribution in [0.25, 0.3) is 0 Å². The number of nitrogens with zero attached hydrogens (tertiary/aromatic N) is 2. The maximum atomic E-state index is 12.0. The van der Waals surface area contributed by atoms with Gasteiger partial charge in [0.25, 0.3) is 11.8 Å². The molecule has 0 spiro atoms. The molecule has 1 rings (SSSR count). The second-order valence-corrected chi connectivity index (χ2v) is 8.63. The van der Waals surface area contributed by atoms with Crippen LogP contribution in [0, 0.1) is 0 Å². The number of Topliss-reactive ketones (excluding diaryl/α,β-unsaturated/α-hetero) is 1. The van der Waals surface area contributed by atoms with Gasteiger partial charge in [-0.05, 0) is 12.8 Å². The number of rotatable bonds is 10. The normalized spacial score (nSPS) is 13.6. The highest BCUT2D eigenvalue weighted by Gasteiger charge is 2.22. The first kappa shape index (κ1) is 23.3. The van der Waals surface area contributed by atoms with Crippen molar-refractivity contribution in [2.75, 3.05) is 18.1 Å². The molecule has 9 heteroatoms. The monoisotopic (exact) mass is 414 g/mol. The van der Waals surface area contributed by atoms with Crippen molar-refractivity contribution in [3.8, 4) is 0 Å². The predicted octanol–water partition coefficient (Wildman–Crippen LogP) is 3.08. The fourth-order valence-electron chi connectivity index (χ4n) is 2.24. The van der Waals surface area contributed by atoms with Crippen LogP contribution in [0.2, 0.25) is 0 Å². The van der Waals surface area contributed by atoms with Gasteiger partial charge >= 0.3 is 5.97 Å². The number of likely N-dealkylation sites (tertiary alicyclic amines) is 1. The Balaban J connectivity index is 2.16. The lowest BCUT2D eigenvalue weighted by Crippen LogP contribution is -2.36. The lowest BCUT2D eigenvalue weighted by atomic mass is 10.3. The molecule has 27 heavy (non-hydrogen) atoms. The molecule has 0 aromatic heterocycles. The summed E-state index contributed by atoms with van der Waals surface area (Å²) in [5.41, 5.74) is 1.88. The van der Waals surface area contributed by atoms with Gasteiger partial charge in [0.1, 0.15) is 0 Å². The molecule has 0 atom stereocenters. The minimum Gasteiger partial charge on any atom is -0.342 e. The van der Waals surface area contributed by atoms with E-state index in [-0.39, 0.29) is 18.6 Å². The van der Waals surface area contributed by atoms with Crippen LogP contribution in [0.5, 0.6) is 0 Å². The first-order chi connectivity index (χ1) is 12.8. The zero-order valence-corrected chi connectivity index (χ0v) is 17.5. The molecule has 0 bridgehead atoms. The van der Waals surface area contributed by atoms with E-state index >= 15 is 0 Å². The lowest BCUT2D eigenvalue weighted by molar-refractivity contribution is -0.201. The highest BCUT2D eigenvalue weighted by molar-refractivity contribution is 8.76. The topological polar surface area (TPSA) is 84.0 Å². The molecule has 2 amide bonds. The molecule has 150 valence electrons. The zero-order valence-electron chi connectivity index (χ0n) is 15.8. The van der Waals surface area contributed by atoms with E-state index in [4.69, 9.17) is 4.84 Å². The first-order valence-corrected chi connectivity index (χ1v) is 11.2. The van der Waals surface area contributed by atoms with E-state index in [2.05, 4.69) is 13.2 Å². The summed E-state index contributed by atoms with van der Waals surface area (Å²) in [7, 11) is 2.94. The van der Waals surface area contributed by atoms with Crippen molar-refractivity contribution in [1.29, 1.82) is 0 Å². The summed E-state index contributed by atoms with van der Waals surface area (Å²) in [6.45, 7) is 10.9. The second kappa shape index (κ2) is 11.9. The standard InChI is InChI=1S/C18H26N2O5S2/c1-5-17(23)20(15(4)21)25-18(24)9-11-27-26-10-8-16(22)12-19-13(2)6-7-14(19)3/h2-3,5-12H2,1,4H3. The Labute approximate surface area is 167 Å². The minimum absolute atomic E-state index is 0.0693. The van der Waals surface area contributed by atoms with Gasteiger partial charge in [-0.25, -0.2) is 4.79 Å². The van der Waals surface area contributed by atoms with E-state index in [1.54, 1.807) is 6.92 Å². The maximum Gasteiger partial charge on any atom is 0.334 e. The van der Waals surface area contributed by atoms with E-state index in [9.17, 15) is 19.2 Å². The van der Waals surface area contributed by atoms with Gasteiger partial charge in [0, 0.05) is 42.7 Å². The third-order valence-corrected chi connectivity index (χ3v) is 6.15. The van der Waals surface area contributed by atoms with Crippen LogP contribution in [0.15, 0.2) is 24.6 Å². The van der Waals surface area contributed by atoms with E-state index < -0.39 is 17.8 Å². The largest absolute Gasteiger partial charge is 0.342 e. The molecule has 1 aliphatic rings. The average Bonchev–Trinajstić information content (AvgIpc) is 2.93. The minimum atomic E-state index is -0.637. The number of hydrogen-bond acceptors (Lipinski definition) is 8. The summed E-state index contributed by atoms with van der Waals surface area (Å²) in [5.74, 6) is -0.592. The molecule has 0 saturated carbocycles. The van der Waals surface area contributed by atoms with Crippen LogP contribution in [0.1, 0.15) is 46.0 Å². The SMILES string of the molecule is C=C1CCC(=C)N1CC(=O)CCSSCCC(=O)ON(C(C)=O)C(=O)CC. The molecular formula is C18H26N2O5S2. The third kappa shape index (κ3) is 8.21. The number of imide groups is 1. The lowest BCUT2D eigenvalue weighted by Gasteiger charge is -2.19. The Morgan fingerprint density at radius 1 is 1.07 bits per heavy atom. The van der Waals surface area contributed by atoms with E-state index in [1.807, 2.05) is 4.90 Å². The molecule has 1 fully saturated rings. The number of carbonyl (C=O) groups excluding carboxylic acids is 4. The molecule has 0 radical (unpaired) electrons. The highest BCUT2D eigenvalue weighted by atomic mass is 33.1. The van der Waals surface area contributed by atoms with Crippen LogP contribution < -0.4 is 0 Å². The fourth-order valence-corrected chi connectivity index (χ4v) is 4.25. The van der Waals surface area contributed by atoms with Gasteiger partial charge in [-0.3, -0.25) is 14.4 Å². The van der Waals surface area contributed by atoms with Crippen molar-refractivity contribution in [3.05, 3.63) is 24.6 Å². The molecule has 1 heterocycles. The van der Waals surface area contributed by atoms with E-state index in [0.717, 1.165) is 31.2 Å². The molecule has 0 N–H and O–H groups in total. The van der Waals surface area contributed by atoms with Crippen molar-refractivity contribution < 1.29 is 24.0 Å². The van der Waals surface area contributed by atoms with Crippen LogP contribution in [-0.4, -0.2) is 51.6 Å². The molecule has 0 aromatic rings. The molecule has 1 aliphatic heterocycles. The summed E-state index contributed by atoms with van der Waals surface area (Å²) < 4.78 is 0. The van der Waals surface area contributed by atoms with Crippen molar-refractivity contribution in [2.45, 2.75) is 46.0 Å². The highest BCUT2D eigenvalue weighted by Crippen LogP contribution is 2.28. The Morgan fingerprint density at radius 2 is 1.63 bits per heavy atom. The van der Waals surface area contributed by atoms with Gasteiger partial charge < -0.3 is 9.74 Å². The number of allylic oxidation sites excluding steroid dienone is 2. The number of hydroxylamine groups is 2. The Kier molecular flexibility index (Phi) is 10.2. The summed E-state index contributed by atoms with van der Waals surface area (Å²) >= 11 is 0. The number of carbonyl (C=O) groups is 4. The summed E-state index contributed by atoms with van der Waals surface area (Å²) in [4.78, 5) is 53.2. The Bertz CT molecular complexity index is 605. The van der Waals surface area contributed by atoms with Gasteiger partial charge in [-0.15, -0.1) is 5.06 Å². The maximum absolute atomic E-state index is 12.0. The fraction of sp³-hybridized carbons (Fsp3) is 0.556. The predicted molar refractivity (Wildman–Crippen MR) is 107 cm³/mol. The van der Waals surface area contributed by atoms with Gasteiger partial charge in [0.15, 0.2) is 5.78 Å². The molecule has 0 aromatic carbocycles. The van der Waals surface area contributed by atoms with Crippen molar-refractivity contribution in [1.82, 2.24) is 9.96 Å². The average molecular weight is 415 g/mol. The van der Waals surface area contributed by atoms with Crippen molar-refractivity contribution >= 4 is 45.2 Å². The van der Waals surface area contributed by atoms with Gasteiger partial charge in [-0.2, -0.15) is 0 Å².